The number of para-hydroxylation sites is 1. The number of hydrogen-bond donors (Lipinski definition) is 2. The number of carbonyl (C=O) groups is 2. The third-order valence-electron chi connectivity index (χ3n) is 4.45. The molecule has 2 aromatic carbocycles. The van der Waals surface area contributed by atoms with Crippen LogP contribution < -0.4 is 15.6 Å². The fraction of sp³-hybridized carbons (Fsp3) is 0.227. The van der Waals surface area contributed by atoms with Gasteiger partial charge in [0.25, 0.3) is 5.56 Å². The zero-order valence-corrected chi connectivity index (χ0v) is 16.3. The van der Waals surface area contributed by atoms with Crippen LogP contribution in [-0.4, -0.2) is 30.6 Å². The van der Waals surface area contributed by atoms with E-state index in [4.69, 9.17) is 9.47 Å². The first-order chi connectivity index (χ1) is 14.0. The van der Waals surface area contributed by atoms with Crippen LogP contribution in [0.4, 0.5) is 5.69 Å². The van der Waals surface area contributed by atoms with E-state index in [1.54, 1.807) is 50.4 Å². The van der Waals surface area contributed by atoms with Gasteiger partial charge in [0.15, 0.2) is 0 Å². The monoisotopic (exact) mass is 394 g/mol. The molecule has 3 rings (SSSR count). The Balaban J connectivity index is 1.71. The maximum Gasteiger partial charge on any atom is 0.340 e. The summed E-state index contributed by atoms with van der Waals surface area (Å²) in [5, 5.41) is 3.58. The molecule has 7 heteroatoms. The highest BCUT2D eigenvalue weighted by molar-refractivity contribution is 6.01. The second-order valence-electron chi connectivity index (χ2n) is 6.39. The number of rotatable bonds is 7. The first-order valence-corrected chi connectivity index (χ1v) is 9.27. The number of aromatic amines is 1. The minimum atomic E-state index is -0.496. The molecule has 29 heavy (non-hydrogen) atoms. The number of methoxy groups -OCH3 is 1. The number of pyridine rings is 1. The number of aryl methyl sites for hydroxylation is 1. The molecule has 0 spiro atoms. The van der Waals surface area contributed by atoms with E-state index >= 15 is 0 Å². The number of ether oxygens (including phenoxy) is 2. The van der Waals surface area contributed by atoms with Crippen LogP contribution in [0, 0.1) is 0 Å². The van der Waals surface area contributed by atoms with Crippen molar-refractivity contribution in [1.82, 2.24) is 4.98 Å². The maximum absolute atomic E-state index is 12.4. The predicted molar refractivity (Wildman–Crippen MR) is 110 cm³/mol. The Morgan fingerprint density at radius 1 is 1.10 bits per heavy atom. The number of carbonyl (C=O) groups excluding carboxylic acids is 2. The molecule has 0 unspecified atom stereocenters. The summed E-state index contributed by atoms with van der Waals surface area (Å²) < 4.78 is 10.2. The molecule has 0 atom stereocenters. The van der Waals surface area contributed by atoms with Crippen LogP contribution in [0.15, 0.2) is 53.3 Å². The number of aromatic nitrogens is 1. The molecule has 0 saturated heterocycles. The van der Waals surface area contributed by atoms with Crippen molar-refractivity contribution in [2.75, 3.05) is 19.0 Å². The van der Waals surface area contributed by atoms with Gasteiger partial charge < -0.3 is 19.8 Å². The first kappa shape index (κ1) is 20.1. The Kier molecular flexibility index (Phi) is 6.29. The third kappa shape index (κ3) is 4.82. The van der Waals surface area contributed by atoms with Crippen molar-refractivity contribution in [3.63, 3.8) is 0 Å². The van der Waals surface area contributed by atoms with Gasteiger partial charge >= 0.3 is 5.97 Å². The van der Waals surface area contributed by atoms with Gasteiger partial charge in [-0.2, -0.15) is 0 Å². The van der Waals surface area contributed by atoms with E-state index < -0.39 is 5.97 Å². The average Bonchev–Trinajstić information content (AvgIpc) is 2.72. The number of amides is 1. The number of fused-ring (bicyclic) bond motifs is 1. The Morgan fingerprint density at radius 3 is 2.66 bits per heavy atom. The fourth-order valence-corrected chi connectivity index (χ4v) is 2.98. The van der Waals surface area contributed by atoms with Crippen molar-refractivity contribution < 1.29 is 19.1 Å². The lowest BCUT2D eigenvalue weighted by atomic mass is 10.1. The largest absolute Gasteiger partial charge is 0.497 e. The van der Waals surface area contributed by atoms with Gasteiger partial charge in [-0.05, 0) is 49.1 Å². The Labute approximate surface area is 167 Å². The normalized spacial score (nSPS) is 10.6. The highest BCUT2D eigenvalue weighted by atomic mass is 16.5. The summed E-state index contributed by atoms with van der Waals surface area (Å²) in [6.07, 6.45) is 0.368. The quantitative estimate of drug-likeness (QED) is 0.600. The van der Waals surface area contributed by atoms with Crippen molar-refractivity contribution >= 4 is 28.5 Å². The molecule has 0 saturated carbocycles. The van der Waals surface area contributed by atoms with Crippen molar-refractivity contribution in [2.45, 2.75) is 19.8 Å². The standard InChI is InChI=1S/C22H22N2O5/c1-3-29-22(27)17-6-4-5-7-18(17)23-20(25)11-9-15-12-14-8-10-16(28-2)13-19(14)24-21(15)26/h4-8,10,12-13H,3,9,11H2,1-2H3,(H,23,25)(H,24,26). The summed E-state index contributed by atoms with van der Waals surface area (Å²) in [5.41, 5.74) is 1.61. The number of hydrogen-bond acceptors (Lipinski definition) is 5. The minimum Gasteiger partial charge on any atom is -0.497 e. The smallest absolute Gasteiger partial charge is 0.340 e. The van der Waals surface area contributed by atoms with Gasteiger partial charge in [0, 0.05) is 18.1 Å². The lowest BCUT2D eigenvalue weighted by Gasteiger charge is -2.10. The second kappa shape index (κ2) is 9.05. The van der Waals surface area contributed by atoms with Gasteiger partial charge in [-0.3, -0.25) is 9.59 Å². The van der Waals surface area contributed by atoms with Gasteiger partial charge in [0.1, 0.15) is 5.75 Å². The summed E-state index contributed by atoms with van der Waals surface area (Å²) in [4.78, 5) is 39.5. The number of nitrogens with one attached hydrogen (secondary N) is 2. The molecule has 1 amide bonds. The van der Waals surface area contributed by atoms with Gasteiger partial charge in [-0.15, -0.1) is 0 Å². The van der Waals surface area contributed by atoms with E-state index in [-0.39, 0.29) is 30.9 Å². The van der Waals surface area contributed by atoms with Gasteiger partial charge in [0.2, 0.25) is 5.91 Å². The lowest BCUT2D eigenvalue weighted by Crippen LogP contribution is -2.18. The molecule has 0 aliphatic carbocycles. The summed E-state index contributed by atoms with van der Waals surface area (Å²) in [7, 11) is 1.56. The third-order valence-corrected chi connectivity index (χ3v) is 4.45. The van der Waals surface area contributed by atoms with E-state index in [2.05, 4.69) is 10.3 Å². The summed E-state index contributed by atoms with van der Waals surface area (Å²) in [6, 6.07) is 13.8. The predicted octanol–water partition coefficient (Wildman–Crippen LogP) is 3.28. The van der Waals surface area contributed by atoms with Crippen LogP contribution in [0.2, 0.25) is 0 Å². The Bertz CT molecular complexity index is 1100. The Morgan fingerprint density at radius 2 is 1.90 bits per heavy atom. The maximum atomic E-state index is 12.4. The molecule has 1 heterocycles. The molecule has 1 aromatic heterocycles. The molecule has 150 valence electrons. The summed E-state index contributed by atoms with van der Waals surface area (Å²) in [6.45, 7) is 1.97. The van der Waals surface area contributed by atoms with Crippen molar-refractivity contribution in [3.05, 3.63) is 70.0 Å². The fourth-order valence-electron chi connectivity index (χ4n) is 2.98. The highest BCUT2D eigenvalue weighted by Gasteiger charge is 2.14. The van der Waals surface area contributed by atoms with Crippen molar-refractivity contribution in [2.24, 2.45) is 0 Å². The molecule has 0 aliphatic rings. The van der Waals surface area contributed by atoms with Gasteiger partial charge in [-0.1, -0.05) is 12.1 Å². The van der Waals surface area contributed by atoms with Crippen LogP contribution in [0.3, 0.4) is 0 Å². The van der Waals surface area contributed by atoms with E-state index in [0.717, 1.165) is 5.39 Å². The van der Waals surface area contributed by atoms with E-state index in [9.17, 15) is 14.4 Å². The molecular weight excluding hydrogens is 372 g/mol. The topological polar surface area (TPSA) is 97.5 Å². The van der Waals surface area contributed by atoms with Crippen molar-refractivity contribution in [3.8, 4) is 5.75 Å². The van der Waals surface area contributed by atoms with Gasteiger partial charge in [0.05, 0.1) is 30.5 Å². The number of esters is 1. The van der Waals surface area contributed by atoms with Gasteiger partial charge in [-0.25, -0.2) is 4.79 Å². The van der Waals surface area contributed by atoms with Crippen LogP contribution in [-0.2, 0) is 16.0 Å². The van der Waals surface area contributed by atoms with Crippen LogP contribution in [0.1, 0.15) is 29.3 Å². The van der Waals surface area contributed by atoms with Crippen LogP contribution >= 0.6 is 0 Å². The average molecular weight is 394 g/mol. The molecule has 0 radical (unpaired) electrons. The summed E-state index contributed by atoms with van der Waals surface area (Å²) >= 11 is 0. The highest BCUT2D eigenvalue weighted by Crippen LogP contribution is 2.19. The zero-order valence-electron chi connectivity index (χ0n) is 16.3. The first-order valence-electron chi connectivity index (χ1n) is 9.27. The molecule has 3 aromatic rings. The minimum absolute atomic E-state index is 0.0991. The molecule has 0 aliphatic heterocycles. The molecule has 7 nitrogen and oxygen atoms in total. The SMILES string of the molecule is CCOC(=O)c1ccccc1NC(=O)CCc1cc2ccc(OC)cc2[nH]c1=O. The molecule has 0 fully saturated rings. The van der Waals surface area contributed by atoms with E-state index in [1.807, 2.05) is 12.1 Å². The van der Waals surface area contributed by atoms with Crippen molar-refractivity contribution in [1.29, 1.82) is 0 Å². The Hall–Kier alpha value is -3.61. The summed E-state index contributed by atoms with van der Waals surface area (Å²) in [5.74, 6) is -0.138. The molecule has 2 N–H and O–H groups in total. The second-order valence-corrected chi connectivity index (χ2v) is 6.39. The number of H-pyrrole nitrogens is 1. The molecule has 0 bridgehead atoms. The van der Waals surface area contributed by atoms with E-state index in [1.165, 1.54) is 0 Å². The van der Waals surface area contributed by atoms with Crippen LogP contribution in [0.25, 0.3) is 10.9 Å². The lowest BCUT2D eigenvalue weighted by molar-refractivity contribution is -0.116. The molecular formula is C22H22N2O5. The van der Waals surface area contributed by atoms with E-state index in [0.29, 0.717) is 28.1 Å². The number of anilines is 1. The number of benzene rings is 2. The van der Waals surface area contributed by atoms with Crippen LogP contribution in [0.5, 0.6) is 5.75 Å². The zero-order chi connectivity index (χ0) is 20.8.